The van der Waals surface area contributed by atoms with Gasteiger partial charge in [-0.1, -0.05) is 29.4 Å². The summed E-state index contributed by atoms with van der Waals surface area (Å²) in [5, 5.41) is 10.1. The van der Waals surface area contributed by atoms with Gasteiger partial charge in [-0.05, 0) is 30.6 Å². The molecule has 1 unspecified atom stereocenters. The van der Waals surface area contributed by atoms with Crippen LogP contribution >= 0.6 is 0 Å². The maximum Gasteiger partial charge on any atom is 0.255 e. The summed E-state index contributed by atoms with van der Waals surface area (Å²) in [5.41, 5.74) is 1.20. The van der Waals surface area contributed by atoms with E-state index in [1.165, 1.54) is 11.1 Å². The van der Waals surface area contributed by atoms with Crippen LogP contribution in [0.1, 0.15) is 41.3 Å². The molecule has 0 spiro atoms. The Bertz CT molecular complexity index is 1410. The number of para-hydroxylation sites is 1. The zero-order chi connectivity index (χ0) is 25.7. The summed E-state index contributed by atoms with van der Waals surface area (Å²) in [7, 11) is 0. The first-order valence-electron chi connectivity index (χ1n) is 12.0. The fraction of sp³-hybridized carbons (Fsp3) is 0.227. The van der Waals surface area contributed by atoms with E-state index in [1.807, 2.05) is 0 Å². The number of carbonyl (C=O) groups is 3. The normalized spacial score (nSPS) is 20.4. The highest BCUT2D eigenvalue weighted by atomic mass is 16.5. The second-order valence-corrected chi connectivity index (χ2v) is 7.10. The summed E-state index contributed by atoms with van der Waals surface area (Å²) in [5.74, 6) is -0.773. The number of carbonyl (C=O) groups excluding carboxylic acids is 3. The smallest absolute Gasteiger partial charge is 0.255 e. The number of hydrogen-bond donors (Lipinski definition) is 1. The molecule has 2 aliphatic heterocycles. The lowest BCUT2D eigenvalue weighted by Crippen LogP contribution is -2.52. The predicted octanol–water partition coefficient (Wildman–Crippen LogP) is 1.61. The SMILES string of the molecule is [2H]c1c([2H])c([2H])c(-n2cc(COc3cccc4c3CN(C3CCC(=O)NC3=O)C4=O)nn2)c([2H])c1[2H]. The van der Waals surface area contributed by atoms with Gasteiger partial charge in [0.05, 0.1) is 25.3 Å². The summed E-state index contributed by atoms with van der Waals surface area (Å²) in [6.45, 7) is 0.0768. The molecule has 2 aliphatic rings. The van der Waals surface area contributed by atoms with E-state index in [-0.39, 0.29) is 43.5 Å². The molecule has 5 rings (SSSR count). The molecule has 3 amide bonds. The summed E-state index contributed by atoms with van der Waals surface area (Å²) in [6.07, 6.45) is 1.81. The van der Waals surface area contributed by atoms with Crippen molar-refractivity contribution in [1.82, 2.24) is 25.2 Å². The van der Waals surface area contributed by atoms with Gasteiger partial charge in [0.25, 0.3) is 5.91 Å². The molecule has 156 valence electrons. The van der Waals surface area contributed by atoms with Crippen LogP contribution in [0.3, 0.4) is 0 Å². The molecule has 9 heteroatoms. The number of piperidine rings is 1. The molecule has 9 nitrogen and oxygen atoms in total. The molecule has 1 saturated heterocycles. The standard InChI is InChI=1S/C22H19N5O4/c28-20-10-9-18(21(29)23-20)26-12-17-16(22(26)30)7-4-8-19(17)31-13-14-11-27(25-24-14)15-5-2-1-3-6-15/h1-8,11,18H,9-10,12-13H2,(H,23,28,29)/i1D,2D,3D,5D,6D. The first-order chi connectivity index (χ1) is 17.2. The molecule has 1 aromatic heterocycles. The van der Waals surface area contributed by atoms with Gasteiger partial charge in [0.15, 0.2) is 0 Å². The molecule has 3 heterocycles. The number of aromatic nitrogens is 3. The Morgan fingerprint density at radius 1 is 1.19 bits per heavy atom. The van der Waals surface area contributed by atoms with Crippen molar-refractivity contribution in [2.24, 2.45) is 0 Å². The van der Waals surface area contributed by atoms with Crippen molar-refractivity contribution in [2.75, 3.05) is 0 Å². The van der Waals surface area contributed by atoms with Crippen LogP contribution in [0, 0.1) is 0 Å². The molecule has 3 aromatic rings. The van der Waals surface area contributed by atoms with Gasteiger partial charge in [-0.25, -0.2) is 4.68 Å². The van der Waals surface area contributed by atoms with E-state index in [2.05, 4.69) is 15.6 Å². The Labute approximate surface area is 184 Å². The van der Waals surface area contributed by atoms with Crippen molar-refractivity contribution >= 4 is 17.7 Å². The van der Waals surface area contributed by atoms with E-state index in [0.29, 0.717) is 22.6 Å². The van der Waals surface area contributed by atoms with E-state index in [9.17, 15) is 14.4 Å². The third kappa shape index (κ3) is 3.54. The zero-order valence-corrected chi connectivity index (χ0v) is 16.1. The average molecular weight is 422 g/mol. The van der Waals surface area contributed by atoms with Gasteiger partial charge in [0, 0.05) is 17.5 Å². The van der Waals surface area contributed by atoms with Gasteiger partial charge in [-0.15, -0.1) is 5.10 Å². The third-order valence-corrected chi connectivity index (χ3v) is 5.17. The summed E-state index contributed by atoms with van der Waals surface area (Å²) < 4.78 is 46.5. The van der Waals surface area contributed by atoms with Crippen molar-refractivity contribution in [1.29, 1.82) is 0 Å². The van der Waals surface area contributed by atoms with Crippen LogP contribution in [0.5, 0.6) is 5.75 Å². The lowest BCUT2D eigenvalue weighted by molar-refractivity contribution is -0.136. The highest BCUT2D eigenvalue weighted by Gasteiger charge is 2.40. The number of nitrogens with one attached hydrogen (secondary N) is 1. The van der Waals surface area contributed by atoms with Crippen LogP contribution in [-0.2, 0) is 22.7 Å². The number of rotatable bonds is 5. The lowest BCUT2D eigenvalue weighted by atomic mass is 10.0. The second-order valence-electron chi connectivity index (χ2n) is 7.10. The lowest BCUT2D eigenvalue weighted by Gasteiger charge is -2.29. The number of nitrogens with zero attached hydrogens (tertiary/aromatic N) is 4. The molecular weight excluding hydrogens is 398 g/mol. The first kappa shape index (κ1) is 14.1. The van der Waals surface area contributed by atoms with E-state index in [4.69, 9.17) is 11.6 Å². The molecule has 1 fully saturated rings. The van der Waals surface area contributed by atoms with Crippen molar-refractivity contribution < 1.29 is 26.0 Å². The fourth-order valence-electron chi connectivity index (χ4n) is 3.68. The minimum atomic E-state index is -0.743. The van der Waals surface area contributed by atoms with Crippen molar-refractivity contribution in [3.63, 3.8) is 0 Å². The van der Waals surface area contributed by atoms with E-state index in [1.54, 1.807) is 18.2 Å². The average Bonchev–Trinajstić information content (AvgIpc) is 3.45. The van der Waals surface area contributed by atoms with E-state index < -0.39 is 42.2 Å². The van der Waals surface area contributed by atoms with Gasteiger partial charge in [0.2, 0.25) is 11.8 Å². The maximum absolute atomic E-state index is 13.0. The Morgan fingerprint density at radius 2 is 2.03 bits per heavy atom. The largest absolute Gasteiger partial charge is 0.487 e. The molecule has 2 aromatic carbocycles. The molecule has 31 heavy (non-hydrogen) atoms. The van der Waals surface area contributed by atoms with Gasteiger partial charge >= 0.3 is 0 Å². The van der Waals surface area contributed by atoms with Crippen LogP contribution in [-0.4, -0.2) is 43.7 Å². The van der Waals surface area contributed by atoms with Gasteiger partial charge < -0.3 is 9.64 Å². The van der Waals surface area contributed by atoms with Crippen molar-refractivity contribution in [3.05, 3.63) is 71.4 Å². The van der Waals surface area contributed by atoms with Crippen molar-refractivity contribution in [2.45, 2.75) is 32.0 Å². The Morgan fingerprint density at radius 3 is 2.84 bits per heavy atom. The summed E-state index contributed by atoms with van der Waals surface area (Å²) in [6, 6.07) is 1.95. The minimum absolute atomic E-state index is 0.0677. The highest BCUT2D eigenvalue weighted by Crippen LogP contribution is 2.33. The quantitative estimate of drug-likeness (QED) is 0.626. The number of benzene rings is 2. The van der Waals surface area contributed by atoms with Gasteiger partial charge in [-0.3, -0.25) is 19.7 Å². The van der Waals surface area contributed by atoms with E-state index >= 15 is 0 Å². The molecular formula is C22H19N5O4. The van der Waals surface area contributed by atoms with Crippen molar-refractivity contribution in [3.8, 4) is 11.4 Å². The van der Waals surface area contributed by atoms with Crippen LogP contribution in [0.25, 0.3) is 5.69 Å². The molecule has 0 bridgehead atoms. The molecule has 0 saturated carbocycles. The van der Waals surface area contributed by atoms with Crippen LogP contribution in [0.15, 0.2) is 54.6 Å². The zero-order valence-electron chi connectivity index (χ0n) is 21.1. The number of hydrogen-bond acceptors (Lipinski definition) is 6. The summed E-state index contributed by atoms with van der Waals surface area (Å²) >= 11 is 0. The second kappa shape index (κ2) is 7.67. The number of ether oxygens (including phenoxy) is 1. The minimum Gasteiger partial charge on any atom is -0.487 e. The third-order valence-electron chi connectivity index (χ3n) is 5.17. The summed E-state index contributed by atoms with van der Waals surface area (Å²) in [4.78, 5) is 38.1. The molecule has 1 N–H and O–H groups in total. The molecule has 1 atom stereocenters. The number of amides is 3. The Kier molecular flexibility index (Phi) is 3.48. The topological polar surface area (TPSA) is 106 Å². The van der Waals surface area contributed by atoms with E-state index in [0.717, 1.165) is 4.68 Å². The van der Waals surface area contributed by atoms with Crippen LogP contribution in [0.2, 0.25) is 0 Å². The highest BCUT2D eigenvalue weighted by molar-refractivity contribution is 6.05. The predicted molar refractivity (Wildman–Crippen MR) is 108 cm³/mol. The van der Waals surface area contributed by atoms with Crippen LogP contribution in [0.4, 0.5) is 0 Å². The Balaban J connectivity index is 1.35. The van der Waals surface area contributed by atoms with Gasteiger partial charge in [0.1, 0.15) is 24.1 Å². The number of imide groups is 1. The fourth-order valence-corrected chi connectivity index (χ4v) is 3.68. The monoisotopic (exact) mass is 422 g/mol. The molecule has 0 aliphatic carbocycles. The molecule has 0 radical (unpaired) electrons. The first-order valence-corrected chi connectivity index (χ1v) is 9.55. The Hall–Kier alpha value is -4.01. The maximum atomic E-state index is 13.0. The number of fused-ring (bicyclic) bond motifs is 1. The van der Waals surface area contributed by atoms with Gasteiger partial charge in [-0.2, -0.15) is 0 Å². The van der Waals surface area contributed by atoms with Crippen LogP contribution < -0.4 is 10.1 Å².